The fourth-order valence-corrected chi connectivity index (χ4v) is 4.06. The number of amides is 2. The van der Waals surface area contributed by atoms with Gasteiger partial charge in [-0.25, -0.2) is 8.78 Å². The lowest BCUT2D eigenvalue weighted by molar-refractivity contribution is 0.0530. The van der Waals surface area contributed by atoms with E-state index in [2.05, 4.69) is 10.3 Å². The summed E-state index contributed by atoms with van der Waals surface area (Å²) >= 11 is 0. The first-order valence-electron chi connectivity index (χ1n) is 12.4. The largest absolute Gasteiger partial charge is 0.502 e. The van der Waals surface area contributed by atoms with E-state index in [-0.39, 0.29) is 44.2 Å². The van der Waals surface area contributed by atoms with Crippen molar-refractivity contribution in [3.05, 3.63) is 93.2 Å². The summed E-state index contributed by atoms with van der Waals surface area (Å²) < 4.78 is 34.1. The van der Waals surface area contributed by atoms with Crippen LogP contribution in [-0.4, -0.2) is 57.9 Å². The smallest absolute Gasteiger partial charge is 0.277 e. The van der Waals surface area contributed by atoms with Crippen molar-refractivity contribution in [3.63, 3.8) is 0 Å². The zero-order chi connectivity index (χ0) is 28.1. The average molecular weight is 542 g/mol. The van der Waals surface area contributed by atoms with Crippen LogP contribution in [0.15, 0.2) is 53.6 Å². The lowest BCUT2D eigenvalue weighted by atomic mass is 10.1. The molecule has 12 heteroatoms. The summed E-state index contributed by atoms with van der Waals surface area (Å²) in [5, 5.41) is 14.9. The molecule has 206 valence electrons. The Bertz CT molecular complexity index is 1410. The molecule has 0 saturated heterocycles. The van der Waals surface area contributed by atoms with Crippen molar-refractivity contribution in [2.45, 2.75) is 26.9 Å². The molecule has 2 amide bonds. The Kier molecular flexibility index (Phi) is 8.55. The Balaban J connectivity index is 1.64. The maximum Gasteiger partial charge on any atom is 0.277 e. The Morgan fingerprint density at radius 1 is 1.21 bits per heavy atom. The summed E-state index contributed by atoms with van der Waals surface area (Å²) in [4.78, 5) is 45.0. The monoisotopic (exact) mass is 541 g/mol. The molecule has 3 aromatic rings. The van der Waals surface area contributed by atoms with Crippen LogP contribution in [0.1, 0.15) is 46.0 Å². The van der Waals surface area contributed by atoms with Gasteiger partial charge in [0.25, 0.3) is 11.8 Å². The third kappa shape index (κ3) is 6.40. The van der Waals surface area contributed by atoms with Crippen LogP contribution in [0.5, 0.6) is 5.75 Å². The predicted octanol–water partition coefficient (Wildman–Crippen LogP) is 2.38. The van der Waals surface area contributed by atoms with Crippen molar-refractivity contribution in [2.24, 2.45) is 5.92 Å². The summed E-state index contributed by atoms with van der Waals surface area (Å²) in [5.41, 5.74) is -1.15. The topological polar surface area (TPSA) is 117 Å². The third-order valence-electron chi connectivity index (χ3n) is 6.02. The zero-order valence-corrected chi connectivity index (χ0v) is 21.6. The van der Waals surface area contributed by atoms with Gasteiger partial charge >= 0.3 is 0 Å². The predicted molar refractivity (Wildman–Crippen MR) is 138 cm³/mol. The number of aromatic nitrogens is 2. The molecule has 0 aliphatic carbocycles. The molecule has 1 aromatic carbocycles. The second-order valence-corrected chi connectivity index (χ2v) is 9.50. The van der Waals surface area contributed by atoms with Gasteiger partial charge in [0, 0.05) is 43.7 Å². The van der Waals surface area contributed by atoms with Gasteiger partial charge in [0.15, 0.2) is 11.4 Å². The van der Waals surface area contributed by atoms with Gasteiger partial charge in [-0.1, -0.05) is 26.0 Å². The van der Waals surface area contributed by atoms with Gasteiger partial charge in [-0.2, -0.15) is 0 Å². The van der Waals surface area contributed by atoms with Gasteiger partial charge in [-0.15, -0.1) is 0 Å². The van der Waals surface area contributed by atoms with Crippen molar-refractivity contribution in [1.29, 1.82) is 0 Å². The molecule has 3 heterocycles. The highest BCUT2D eigenvalue weighted by Gasteiger charge is 2.34. The van der Waals surface area contributed by atoms with E-state index in [9.17, 15) is 28.3 Å². The average Bonchev–Trinajstić information content (AvgIpc) is 2.90. The van der Waals surface area contributed by atoms with E-state index in [1.807, 2.05) is 13.8 Å². The lowest BCUT2D eigenvalue weighted by Gasteiger charge is -2.39. The maximum atomic E-state index is 14.0. The second-order valence-electron chi connectivity index (χ2n) is 9.50. The standard InChI is InChI=1S/C27H29F2N5O5/c1-17(2)15-39-10-9-32-16-33(13-20-5-3-4-8-30-20)34-14-21(24(35)25(36)23(34)27(32)38)26(37)31-12-18-6-7-19(28)11-22(18)29/h3-8,11,14,17,36H,9-10,12-13,15-16H2,1-2H3,(H,31,37). The minimum atomic E-state index is -1.05. The Morgan fingerprint density at radius 3 is 2.69 bits per heavy atom. The molecule has 0 fully saturated rings. The van der Waals surface area contributed by atoms with Gasteiger partial charge < -0.3 is 20.1 Å². The first-order valence-corrected chi connectivity index (χ1v) is 12.4. The quantitative estimate of drug-likeness (QED) is 0.379. The summed E-state index contributed by atoms with van der Waals surface area (Å²) in [5.74, 6) is -3.70. The van der Waals surface area contributed by atoms with E-state index in [1.165, 1.54) is 21.8 Å². The molecule has 0 bridgehead atoms. The van der Waals surface area contributed by atoms with E-state index in [0.29, 0.717) is 24.3 Å². The van der Waals surface area contributed by atoms with Crippen molar-refractivity contribution < 1.29 is 28.2 Å². The summed E-state index contributed by atoms with van der Waals surface area (Å²) in [6.45, 7) is 4.92. The number of rotatable bonds is 10. The highest BCUT2D eigenvalue weighted by molar-refractivity contribution is 5.99. The molecule has 10 nitrogen and oxygen atoms in total. The van der Waals surface area contributed by atoms with E-state index >= 15 is 0 Å². The molecule has 0 saturated carbocycles. The highest BCUT2D eigenvalue weighted by Crippen LogP contribution is 2.22. The number of hydrogen-bond acceptors (Lipinski definition) is 7. The first-order chi connectivity index (χ1) is 18.7. The van der Waals surface area contributed by atoms with Gasteiger partial charge in [0.2, 0.25) is 5.43 Å². The van der Waals surface area contributed by atoms with Crippen molar-refractivity contribution in [2.75, 3.05) is 31.4 Å². The van der Waals surface area contributed by atoms with Crippen LogP contribution in [0, 0.1) is 17.6 Å². The number of benzene rings is 1. The van der Waals surface area contributed by atoms with E-state index < -0.39 is 40.2 Å². The van der Waals surface area contributed by atoms with Crippen molar-refractivity contribution in [3.8, 4) is 5.75 Å². The molecule has 4 rings (SSSR count). The maximum absolute atomic E-state index is 14.0. The fourth-order valence-electron chi connectivity index (χ4n) is 4.06. The Hall–Kier alpha value is -4.32. The third-order valence-corrected chi connectivity index (χ3v) is 6.02. The molecule has 1 aliphatic heterocycles. The fraction of sp³-hybridized carbons (Fsp3) is 0.333. The van der Waals surface area contributed by atoms with Crippen molar-refractivity contribution in [1.82, 2.24) is 19.9 Å². The number of halogens is 2. The number of hydrogen-bond donors (Lipinski definition) is 2. The highest BCUT2D eigenvalue weighted by atomic mass is 19.1. The number of carbonyl (C=O) groups is 2. The zero-order valence-electron chi connectivity index (χ0n) is 21.6. The lowest BCUT2D eigenvalue weighted by Crippen LogP contribution is -2.55. The number of carbonyl (C=O) groups excluding carboxylic acids is 2. The molecular weight excluding hydrogens is 512 g/mol. The number of ether oxygens (including phenoxy) is 1. The Morgan fingerprint density at radius 2 is 2.00 bits per heavy atom. The van der Waals surface area contributed by atoms with Gasteiger partial charge in [-0.3, -0.25) is 29.1 Å². The van der Waals surface area contributed by atoms with Crippen LogP contribution in [0.4, 0.5) is 8.78 Å². The SMILES string of the molecule is CC(C)COCCN1CN(Cc2ccccn2)n2cc(C(=O)NCc3ccc(F)cc3F)c(=O)c(O)c2C1=O. The second kappa shape index (κ2) is 12.0. The van der Waals surface area contributed by atoms with Crippen LogP contribution in [0.25, 0.3) is 0 Å². The number of aromatic hydroxyl groups is 1. The number of nitrogens with one attached hydrogen (secondary N) is 1. The molecule has 0 atom stereocenters. The Labute approximate surface area is 223 Å². The molecule has 2 aromatic heterocycles. The minimum absolute atomic E-state index is 0.00863. The number of fused-ring (bicyclic) bond motifs is 1. The number of pyridine rings is 2. The summed E-state index contributed by atoms with van der Waals surface area (Å²) in [6.07, 6.45) is 2.78. The summed E-state index contributed by atoms with van der Waals surface area (Å²) in [6, 6.07) is 8.23. The van der Waals surface area contributed by atoms with Crippen LogP contribution >= 0.6 is 0 Å². The van der Waals surface area contributed by atoms with Gasteiger partial charge in [-0.05, 0) is 24.1 Å². The molecule has 39 heavy (non-hydrogen) atoms. The summed E-state index contributed by atoms with van der Waals surface area (Å²) in [7, 11) is 0. The first kappa shape index (κ1) is 27.7. The van der Waals surface area contributed by atoms with Crippen LogP contribution in [0.2, 0.25) is 0 Å². The van der Waals surface area contributed by atoms with Gasteiger partial charge in [0.05, 0.1) is 18.8 Å². The van der Waals surface area contributed by atoms with Crippen LogP contribution < -0.4 is 15.8 Å². The normalized spacial score (nSPS) is 13.1. The van der Waals surface area contributed by atoms with E-state index in [1.54, 1.807) is 29.4 Å². The van der Waals surface area contributed by atoms with Crippen molar-refractivity contribution >= 4 is 11.8 Å². The van der Waals surface area contributed by atoms with Gasteiger partial charge in [0.1, 0.15) is 23.9 Å². The van der Waals surface area contributed by atoms with Crippen LogP contribution in [-0.2, 0) is 17.8 Å². The van der Waals surface area contributed by atoms with E-state index in [0.717, 1.165) is 6.07 Å². The van der Waals surface area contributed by atoms with E-state index in [4.69, 9.17) is 4.74 Å². The number of nitrogens with zero attached hydrogens (tertiary/aromatic N) is 4. The molecular formula is C27H29F2N5O5. The molecule has 0 spiro atoms. The molecule has 1 aliphatic rings. The molecule has 0 radical (unpaired) electrons. The molecule has 0 unspecified atom stereocenters. The van der Waals surface area contributed by atoms with Crippen LogP contribution in [0.3, 0.4) is 0 Å². The minimum Gasteiger partial charge on any atom is -0.502 e. The molecule has 2 N–H and O–H groups in total.